The topological polar surface area (TPSA) is 78.9 Å². The van der Waals surface area contributed by atoms with Gasteiger partial charge in [0.1, 0.15) is 13.2 Å². The van der Waals surface area contributed by atoms with Crippen LogP contribution in [0.2, 0.25) is 0 Å². The Kier molecular flexibility index (Phi) is 54.3. The standard InChI is InChI=1S/C63H108O6/c1-4-7-10-13-16-19-22-25-28-30-32-35-38-41-44-47-50-53-56-62(65)68-59-60(58-67-61(64)55-52-49-46-43-40-37-34-27-24-21-18-15-12-9-6-3)69-63(66)57-54-51-48-45-42-39-36-33-31-29-26-23-20-17-14-11-8-5-2/h10,13,16,19,21-22,24-25,28,30,32-33,35-36,60H,4-9,11-12,14-15,17-18,20,23,26-27,29,31,34,37-59H2,1-3H3/b13-10-,19-16-,24-21-,25-22-,30-28-,35-32-,36-33-. The molecule has 1 unspecified atom stereocenters. The lowest BCUT2D eigenvalue weighted by Crippen LogP contribution is -2.30. The van der Waals surface area contributed by atoms with E-state index in [1.165, 1.54) is 141 Å². The number of carbonyl (C=O) groups is 3. The van der Waals surface area contributed by atoms with Crippen molar-refractivity contribution in [3.8, 4) is 0 Å². The lowest BCUT2D eigenvalue weighted by atomic mass is 10.1. The minimum absolute atomic E-state index is 0.0903. The van der Waals surface area contributed by atoms with Crippen LogP contribution in [0.15, 0.2) is 85.1 Å². The van der Waals surface area contributed by atoms with Crippen LogP contribution in [0.25, 0.3) is 0 Å². The number of hydrogen-bond donors (Lipinski definition) is 0. The first-order valence-corrected chi connectivity index (χ1v) is 29.2. The van der Waals surface area contributed by atoms with Gasteiger partial charge in [-0.25, -0.2) is 0 Å². The quantitative estimate of drug-likeness (QED) is 0.0199. The van der Waals surface area contributed by atoms with Crippen molar-refractivity contribution in [2.75, 3.05) is 13.2 Å². The van der Waals surface area contributed by atoms with Gasteiger partial charge in [0, 0.05) is 19.3 Å². The van der Waals surface area contributed by atoms with Gasteiger partial charge in [0.05, 0.1) is 0 Å². The van der Waals surface area contributed by atoms with Crippen molar-refractivity contribution in [3.05, 3.63) is 85.1 Å². The summed E-state index contributed by atoms with van der Waals surface area (Å²) in [5.74, 6) is -0.922. The third-order valence-corrected chi connectivity index (χ3v) is 12.5. The molecule has 0 aromatic carbocycles. The molecule has 0 saturated carbocycles. The summed E-state index contributed by atoms with van der Waals surface area (Å²) in [5.41, 5.74) is 0. The first-order valence-electron chi connectivity index (χ1n) is 29.2. The number of allylic oxidation sites excluding steroid dienone is 14. The number of ether oxygens (including phenoxy) is 3. The summed E-state index contributed by atoms with van der Waals surface area (Å²) in [6.45, 7) is 6.53. The molecule has 0 spiro atoms. The van der Waals surface area contributed by atoms with Gasteiger partial charge >= 0.3 is 17.9 Å². The normalized spacial score (nSPS) is 12.7. The SMILES string of the molecule is CCC\C=C/C=C\C=C/C=C\C=C/CCCCCCCC(=O)OCC(COC(=O)CCCCCCCCC/C=C\CCCCCC)OC(=O)CCCCCCC/C=C\CCCCCCCCCCC. The van der Waals surface area contributed by atoms with Gasteiger partial charge in [0.15, 0.2) is 6.10 Å². The lowest BCUT2D eigenvalue weighted by molar-refractivity contribution is -0.167. The number of esters is 3. The lowest BCUT2D eigenvalue weighted by Gasteiger charge is -2.18. The fourth-order valence-electron chi connectivity index (χ4n) is 8.05. The molecule has 0 saturated heterocycles. The van der Waals surface area contributed by atoms with Crippen molar-refractivity contribution < 1.29 is 28.6 Å². The Balaban J connectivity index is 4.45. The number of unbranched alkanes of at least 4 members (excludes halogenated alkanes) is 31. The zero-order valence-electron chi connectivity index (χ0n) is 45.3. The Morgan fingerprint density at radius 2 is 0.565 bits per heavy atom. The molecule has 0 amide bonds. The minimum Gasteiger partial charge on any atom is -0.462 e. The highest BCUT2D eigenvalue weighted by molar-refractivity contribution is 5.71. The number of hydrogen-bond acceptors (Lipinski definition) is 6. The largest absolute Gasteiger partial charge is 0.462 e. The summed E-state index contributed by atoms with van der Waals surface area (Å²) in [6, 6.07) is 0. The van der Waals surface area contributed by atoms with Crippen LogP contribution in [0.3, 0.4) is 0 Å². The molecule has 0 rings (SSSR count). The molecule has 0 radical (unpaired) electrons. The monoisotopic (exact) mass is 961 g/mol. The second-order valence-corrected chi connectivity index (χ2v) is 19.3. The van der Waals surface area contributed by atoms with Crippen molar-refractivity contribution in [1.29, 1.82) is 0 Å². The van der Waals surface area contributed by atoms with E-state index in [2.05, 4.69) is 81.5 Å². The molecule has 0 fully saturated rings. The second kappa shape index (κ2) is 57.2. The minimum atomic E-state index is -0.794. The molecule has 0 heterocycles. The van der Waals surface area contributed by atoms with E-state index < -0.39 is 6.10 Å². The maximum atomic E-state index is 12.9. The van der Waals surface area contributed by atoms with Gasteiger partial charge in [-0.2, -0.15) is 0 Å². The van der Waals surface area contributed by atoms with E-state index in [4.69, 9.17) is 14.2 Å². The van der Waals surface area contributed by atoms with E-state index in [0.717, 1.165) is 96.3 Å². The molecule has 69 heavy (non-hydrogen) atoms. The molecular weight excluding hydrogens is 853 g/mol. The zero-order valence-corrected chi connectivity index (χ0v) is 45.3. The van der Waals surface area contributed by atoms with Crippen molar-refractivity contribution in [2.24, 2.45) is 0 Å². The van der Waals surface area contributed by atoms with Crippen molar-refractivity contribution in [2.45, 2.75) is 284 Å². The summed E-state index contributed by atoms with van der Waals surface area (Å²) < 4.78 is 16.9. The third kappa shape index (κ3) is 55.4. The van der Waals surface area contributed by atoms with Gasteiger partial charge in [0.25, 0.3) is 0 Å². The summed E-state index contributed by atoms with van der Waals surface area (Å²) in [5, 5.41) is 0. The molecule has 0 aliphatic carbocycles. The summed E-state index contributed by atoms with van der Waals surface area (Å²) in [7, 11) is 0. The first-order chi connectivity index (χ1) is 34.0. The maximum Gasteiger partial charge on any atom is 0.306 e. The van der Waals surface area contributed by atoms with Crippen LogP contribution in [0.4, 0.5) is 0 Å². The molecule has 1 atom stereocenters. The van der Waals surface area contributed by atoms with E-state index in [0.29, 0.717) is 19.3 Å². The Labute approximate surface area is 426 Å². The second-order valence-electron chi connectivity index (χ2n) is 19.3. The molecule has 0 aromatic heterocycles. The highest BCUT2D eigenvalue weighted by Gasteiger charge is 2.19. The number of rotatable bonds is 52. The molecule has 396 valence electrons. The molecule has 0 aromatic rings. The fourth-order valence-corrected chi connectivity index (χ4v) is 8.05. The Morgan fingerprint density at radius 1 is 0.290 bits per heavy atom. The molecule has 6 heteroatoms. The number of carbonyl (C=O) groups excluding carboxylic acids is 3. The third-order valence-electron chi connectivity index (χ3n) is 12.5. The van der Waals surface area contributed by atoms with Crippen LogP contribution in [-0.4, -0.2) is 37.2 Å². The molecule has 0 aliphatic rings. The van der Waals surface area contributed by atoms with Crippen LogP contribution in [0.1, 0.15) is 278 Å². The Morgan fingerprint density at radius 3 is 0.928 bits per heavy atom. The smallest absolute Gasteiger partial charge is 0.306 e. The van der Waals surface area contributed by atoms with Gasteiger partial charge < -0.3 is 14.2 Å². The van der Waals surface area contributed by atoms with Crippen LogP contribution in [0.5, 0.6) is 0 Å². The summed E-state index contributed by atoms with van der Waals surface area (Å²) >= 11 is 0. The Bertz CT molecular complexity index is 1330. The average Bonchev–Trinajstić information content (AvgIpc) is 3.35. The highest BCUT2D eigenvalue weighted by Crippen LogP contribution is 2.15. The first kappa shape index (κ1) is 65.6. The molecule has 6 nitrogen and oxygen atoms in total. The van der Waals surface area contributed by atoms with Gasteiger partial charge in [-0.3, -0.25) is 14.4 Å². The average molecular weight is 962 g/mol. The molecular formula is C63H108O6. The van der Waals surface area contributed by atoms with Crippen LogP contribution in [0, 0.1) is 0 Å². The van der Waals surface area contributed by atoms with Crippen LogP contribution in [-0.2, 0) is 28.6 Å². The van der Waals surface area contributed by atoms with E-state index >= 15 is 0 Å². The molecule has 0 N–H and O–H groups in total. The predicted molar refractivity (Wildman–Crippen MR) is 297 cm³/mol. The van der Waals surface area contributed by atoms with E-state index in [-0.39, 0.29) is 31.1 Å². The highest BCUT2D eigenvalue weighted by atomic mass is 16.6. The summed E-state index contributed by atoms with van der Waals surface area (Å²) in [6.07, 6.45) is 74.2. The van der Waals surface area contributed by atoms with Crippen LogP contribution < -0.4 is 0 Å². The summed E-state index contributed by atoms with van der Waals surface area (Å²) in [4.78, 5) is 38.2. The predicted octanol–water partition coefficient (Wildman–Crippen LogP) is 19.5. The zero-order chi connectivity index (χ0) is 50.0. The van der Waals surface area contributed by atoms with Gasteiger partial charge in [-0.05, 0) is 89.9 Å². The Hall–Kier alpha value is -3.41. The van der Waals surface area contributed by atoms with Gasteiger partial charge in [-0.1, -0.05) is 254 Å². The molecule has 0 bridgehead atoms. The van der Waals surface area contributed by atoms with Gasteiger partial charge in [0.2, 0.25) is 0 Å². The van der Waals surface area contributed by atoms with Crippen LogP contribution >= 0.6 is 0 Å². The van der Waals surface area contributed by atoms with E-state index in [1.54, 1.807) is 0 Å². The maximum absolute atomic E-state index is 12.9. The fraction of sp³-hybridized carbons (Fsp3) is 0.730. The van der Waals surface area contributed by atoms with E-state index in [1.807, 2.05) is 24.3 Å². The van der Waals surface area contributed by atoms with Crippen molar-refractivity contribution in [1.82, 2.24) is 0 Å². The van der Waals surface area contributed by atoms with E-state index in [9.17, 15) is 14.4 Å². The van der Waals surface area contributed by atoms with Crippen molar-refractivity contribution in [3.63, 3.8) is 0 Å². The molecule has 0 aliphatic heterocycles. The van der Waals surface area contributed by atoms with Crippen molar-refractivity contribution >= 4 is 17.9 Å². The van der Waals surface area contributed by atoms with Gasteiger partial charge in [-0.15, -0.1) is 0 Å².